The summed E-state index contributed by atoms with van der Waals surface area (Å²) in [6.07, 6.45) is 0.712. The predicted molar refractivity (Wildman–Crippen MR) is 78.1 cm³/mol. The Morgan fingerprint density at radius 1 is 1.26 bits per heavy atom. The fourth-order valence-corrected chi connectivity index (χ4v) is 5.28. The molecule has 0 amide bonds. The van der Waals surface area contributed by atoms with E-state index in [0.717, 1.165) is 10.4 Å². The molecule has 100 valence electrons. The van der Waals surface area contributed by atoms with E-state index in [1.165, 1.54) is 15.6 Å². The third-order valence-electron chi connectivity index (χ3n) is 3.24. The summed E-state index contributed by atoms with van der Waals surface area (Å²) in [7, 11) is -3.48. The van der Waals surface area contributed by atoms with E-state index < -0.39 is 10.0 Å². The number of aryl methyl sites for hydroxylation is 1. The Kier molecular flexibility index (Phi) is 2.79. The third kappa shape index (κ3) is 1.91. The Labute approximate surface area is 116 Å². The number of anilines is 2. The first-order valence-electron chi connectivity index (χ1n) is 5.97. The van der Waals surface area contributed by atoms with Crippen molar-refractivity contribution in [1.82, 2.24) is 0 Å². The summed E-state index contributed by atoms with van der Waals surface area (Å²) < 4.78 is 27.1. The van der Waals surface area contributed by atoms with Gasteiger partial charge in [0.15, 0.2) is 0 Å². The van der Waals surface area contributed by atoms with Crippen LogP contribution in [0.2, 0.25) is 0 Å². The molecule has 19 heavy (non-hydrogen) atoms. The topological polar surface area (TPSA) is 63.4 Å². The Morgan fingerprint density at radius 3 is 2.74 bits per heavy atom. The first kappa shape index (κ1) is 12.5. The lowest BCUT2D eigenvalue weighted by Crippen LogP contribution is -2.29. The number of para-hydroxylation sites is 1. The molecule has 6 heteroatoms. The lowest BCUT2D eigenvalue weighted by atomic mass is 10.1. The molecule has 1 aliphatic rings. The zero-order chi connectivity index (χ0) is 13.6. The third-order valence-corrected chi connectivity index (χ3v) is 6.51. The maximum absolute atomic E-state index is 12.6. The second kappa shape index (κ2) is 4.25. The summed E-state index contributed by atoms with van der Waals surface area (Å²) in [5.74, 6) is 0. The van der Waals surface area contributed by atoms with Crippen LogP contribution in [0.15, 0.2) is 34.5 Å². The van der Waals surface area contributed by atoms with Gasteiger partial charge in [-0.3, -0.25) is 4.31 Å². The van der Waals surface area contributed by atoms with Crippen molar-refractivity contribution < 1.29 is 8.42 Å². The van der Waals surface area contributed by atoms with E-state index in [4.69, 9.17) is 5.73 Å². The minimum absolute atomic E-state index is 0.376. The lowest BCUT2D eigenvalue weighted by molar-refractivity contribution is 0.594. The van der Waals surface area contributed by atoms with Gasteiger partial charge in [0.05, 0.1) is 11.4 Å². The van der Waals surface area contributed by atoms with Crippen molar-refractivity contribution in [3.05, 3.63) is 40.8 Å². The van der Waals surface area contributed by atoms with Crippen LogP contribution < -0.4 is 10.0 Å². The molecule has 0 aliphatic carbocycles. The molecule has 0 saturated carbocycles. The van der Waals surface area contributed by atoms with Crippen molar-refractivity contribution in [3.63, 3.8) is 0 Å². The van der Waals surface area contributed by atoms with E-state index in [1.807, 2.05) is 25.1 Å². The highest BCUT2D eigenvalue weighted by Crippen LogP contribution is 2.38. The van der Waals surface area contributed by atoms with Gasteiger partial charge in [-0.15, -0.1) is 11.3 Å². The first-order chi connectivity index (χ1) is 9.00. The molecule has 2 N–H and O–H groups in total. The number of nitrogens with zero attached hydrogens (tertiary/aromatic N) is 1. The minimum atomic E-state index is -3.48. The van der Waals surface area contributed by atoms with Crippen molar-refractivity contribution in [2.24, 2.45) is 0 Å². The Morgan fingerprint density at radius 2 is 2.05 bits per heavy atom. The normalized spacial score (nSPS) is 14.7. The van der Waals surface area contributed by atoms with E-state index >= 15 is 0 Å². The quantitative estimate of drug-likeness (QED) is 0.865. The molecular weight excluding hydrogens is 280 g/mol. The van der Waals surface area contributed by atoms with Gasteiger partial charge < -0.3 is 5.73 Å². The SMILES string of the molecule is Cc1ccc(S(=O)(=O)N2CCc3cccc(N)c32)s1. The molecule has 3 rings (SSSR count). The summed E-state index contributed by atoms with van der Waals surface area (Å²) in [6, 6.07) is 9.02. The van der Waals surface area contributed by atoms with Crippen LogP contribution in [0.25, 0.3) is 0 Å². The van der Waals surface area contributed by atoms with Gasteiger partial charge in [-0.1, -0.05) is 12.1 Å². The fraction of sp³-hybridized carbons (Fsp3) is 0.231. The molecule has 4 nitrogen and oxygen atoms in total. The van der Waals surface area contributed by atoms with Crippen LogP contribution in [0.3, 0.4) is 0 Å². The predicted octanol–water partition coefficient (Wildman–Crippen LogP) is 2.39. The second-order valence-electron chi connectivity index (χ2n) is 4.55. The maximum Gasteiger partial charge on any atom is 0.273 e. The lowest BCUT2D eigenvalue weighted by Gasteiger charge is -2.19. The number of sulfonamides is 1. The summed E-state index contributed by atoms with van der Waals surface area (Å²) in [5.41, 5.74) is 8.10. The highest BCUT2D eigenvalue weighted by Gasteiger charge is 2.33. The number of thiophene rings is 1. The smallest absolute Gasteiger partial charge is 0.273 e. The van der Waals surface area contributed by atoms with Gasteiger partial charge in [0, 0.05) is 11.4 Å². The summed E-state index contributed by atoms with van der Waals surface area (Å²) in [4.78, 5) is 0.985. The van der Waals surface area contributed by atoms with Crippen molar-refractivity contribution in [1.29, 1.82) is 0 Å². The number of hydrogen-bond acceptors (Lipinski definition) is 4. The minimum Gasteiger partial charge on any atom is -0.397 e. The highest BCUT2D eigenvalue weighted by molar-refractivity contribution is 7.94. The van der Waals surface area contributed by atoms with Gasteiger partial charge in [-0.05, 0) is 37.1 Å². The summed E-state index contributed by atoms with van der Waals surface area (Å²) >= 11 is 1.29. The van der Waals surface area contributed by atoms with Crippen LogP contribution in [0, 0.1) is 6.92 Å². The van der Waals surface area contributed by atoms with E-state index in [-0.39, 0.29) is 0 Å². The molecule has 0 fully saturated rings. The fourth-order valence-electron chi connectivity index (χ4n) is 2.35. The molecule has 2 aromatic rings. The first-order valence-corrected chi connectivity index (χ1v) is 8.22. The monoisotopic (exact) mass is 294 g/mol. The zero-order valence-electron chi connectivity index (χ0n) is 10.5. The molecule has 2 heterocycles. The molecule has 0 radical (unpaired) electrons. The van der Waals surface area contributed by atoms with Crippen LogP contribution in [0.5, 0.6) is 0 Å². The molecule has 0 bridgehead atoms. The average Bonchev–Trinajstić information content (AvgIpc) is 2.96. The number of fused-ring (bicyclic) bond motifs is 1. The van der Waals surface area contributed by atoms with Crippen LogP contribution >= 0.6 is 11.3 Å². The number of rotatable bonds is 2. The van der Waals surface area contributed by atoms with Crippen molar-refractivity contribution in [2.75, 3.05) is 16.6 Å². The van der Waals surface area contributed by atoms with Gasteiger partial charge in [-0.25, -0.2) is 8.42 Å². The van der Waals surface area contributed by atoms with Crippen LogP contribution in [0.1, 0.15) is 10.4 Å². The molecule has 0 atom stereocenters. The standard InChI is InChI=1S/C13H14N2O2S2/c1-9-5-6-12(18-9)19(16,17)15-8-7-10-3-2-4-11(14)13(10)15/h2-6H,7-8,14H2,1H3. The molecule has 1 aromatic heterocycles. The number of benzene rings is 1. The van der Waals surface area contributed by atoms with E-state index in [2.05, 4.69) is 0 Å². The number of hydrogen-bond donors (Lipinski definition) is 1. The van der Waals surface area contributed by atoms with E-state index in [1.54, 1.807) is 12.1 Å². The largest absolute Gasteiger partial charge is 0.397 e. The Hall–Kier alpha value is -1.53. The zero-order valence-corrected chi connectivity index (χ0v) is 12.1. The van der Waals surface area contributed by atoms with Gasteiger partial charge >= 0.3 is 0 Å². The summed E-state index contributed by atoms with van der Waals surface area (Å²) in [6.45, 7) is 2.36. The van der Waals surface area contributed by atoms with Gasteiger partial charge in [0.1, 0.15) is 4.21 Å². The summed E-state index contributed by atoms with van der Waals surface area (Å²) in [5, 5.41) is 0. The molecule has 0 spiro atoms. The maximum atomic E-state index is 12.6. The molecule has 1 aromatic carbocycles. The van der Waals surface area contributed by atoms with Crippen molar-refractivity contribution in [2.45, 2.75) is 17.6 Å². The molecule has 0 saturated heterocycles. The van der Waals surface area contributed by atoms with Crippen LogP contribution in [-0.2, 0) is 16.4 Å². The molecule has 0 unspecified atom stereocenters. The number of nitrogens with two attached hydrogens (primary N) is 1. The van der Waals surface area contributed by atoms with E-state index in [9.17, 15) is 8.42 Å². The van der Waals surface area contributed by atoms with Crippen molar-refractivity contribution >= 4 is 32.7 Å². The Bertz CT molecular complexity index is 735. The Balaban J connectivity index is 2.11. The van der Waals surface area contributed by atoms with Gasteiger partial charge in [0.25, 0.3) is 10.0 Å². The molecule has 1 aliphatic heterocycles. The van der Waals surface area contributed by atoms with E-state index in [0.29, 0.717) is 28.5 Å². The molecular formula is C13H14N2O2S2. The van der Waals surface area contributed by atoms with Crippen LogP contribution in [-0.4, -0.2) is 15.0 Å². The number of nitrogen functional groups attached to an aromatic ring is 1. The van der Waals surface area contributed by atoms with Gasteiger partial charge in [0.2, 0.25) is 0 Å². The second-order valence-corrected chi connectivity index (χ2v) is 7.92. The average molecular weight is 294 g/mol. The van der Waals surface area contributed by atoms with Crippen LogP contribution in [0.4, 0.5) is 11.4 Å². The highest BCUT2D eigenvalue weighted by atomic mass is 32.2. The van der Waals surface area contributed by atoms with Crippen molar-refractivity contribution in [3.8, 4) is 0 Å². The van der Waals surface area contributed by atoms with Gasteiger partial charge in [-0.2, -0.15) is 0 Å².